The number of carbonyl (C=O) groups is 1. The molecule has 0 radical (unpaired) electrons. The molecule has 1 fully saturated rings. The number of nitrogens with zero attached hydrogens (tertiary/aromatic N) is 3. The molecule has 0 bridgehead atoms. The molecule has 3 aromatic rings. The maximum atomic E-state index is 12.3. The van der Waals surface area contributed by atoms with Crippen LogP contribution in [0.4, 0.5) is 0 Å². The van der Waals surface area contributed by atoms with Gasteiger partial charge in [0.2, 0.25) is 5.91 Å². The van der Waals surface area contributed by atoms with Crippen molar-refractivity contribution in [2.24, 2.45) is 0 Å². The minimum atomic E-state index is 0.0905. The molecule has 0 unspecified atom stereocenters. The van der Waals surface area contributed by atoms with Crippen LogP contribution >= 0.6 is 23.1 Å². The van der Waals surface area contributed by atoms with E-state index in [9.17, 15) is 4.79 Å². The number of rotatable bonds is 6. The van der Waals surface area contributed by atoms with E-state index >= 15 is 0 Å². The number of fused-ring (bicyclic) bond motifs is 1. The highest BCUT2D eigenvalue weighted by atomic mass is 32.2. The number of amides is 1. The minimum Gasteiger partial charge on any atom is -0.353 e. The summed E-state index contributed by atoms with van der Waals surface area (Å²) in [6, 6.07) is 8.94. The summed E-state index contributed by atoms with van der Waals surface area (Å²) in [4.78, 5) is 12.3. The second-order valence-electron chi connectivity index (χ2n) is 7.25. The van der Waals surface area contributed by atoms with Crippen LogP contribution < -0.4 is 5.32 Å². The van der Waals surface area contributed by atoms with Gasteiger partial charge in [-0.3, -0.25) is 9.36 Å². The lowest BCUT2D eigenvalue weighted by atomic mass is 10.1. The Bertz CT molecular complexity index is 941. The Morgan fingerprint density at radius 1 is 1.30 bits per heavy atom. The van der Waals surface area contributed by atoms with Gasteiger partial charge in [-0.2, -0.15) is 0 Å². The second-order valence-corrected chi connectivity index (χ2v) is 9.11. The third kappa shape index (κ3) is 3.89. The fourth-order valence-corrected chi connectivity index (χ4v) is 5.46. The van der Waals surface area contributed by atoms with Gasteiger partial charge in [0.05, 0.1) is 5.75 Å². The normalized spacial score (nSPS) is 15.1. The number of hydrogen-bond acceptors (Lipinski definition) is 5. The fourth-order valence-electron chi connectivity index (χ4n) is 3.65. The van der Waals surface area contributed by atoms with E-state index in [0.717, 1.165) is 29.4 Å². The van der Waals surface area contributed by atoms with Gasteiger partial charge >= 0.3 is 0 Å². The summed E-state index contributed by atoms with van der Waals surface area (Å²) in [7, 11) is 0. The average molecular weight is 401 g/mol. The molecule has 0 saturated heterocycles. The average Bonchev–Trinajstić information content (AvgIpc) is 3.38. The van der Waals surface area contributed by atoms with E-state index < -0.39 is 0 Å². The van der Waals surface area contributed by atoms with Gasteiger partial charge in [0, 0.05) is 33.1 Å². The van der Waals surface area contributed by atoms with Crippen LogP contribution in [0.3, 0.4) is 0 Å². The summed E-state index contributed by atoms with van der Waals surface area (Å²) in [6.45, 7) is 4.26. The number of hydrogen-bond donors (Lipinski definition) is 1. The Kier molecular flexibility index (Phi) is 5.50. The first-order valence-corrected chi connectivity index (χ1v) is 11.3. The van der Waals surface area contributed by atoms with E-state index in [1.807, 2.05) is 0 Å². The monoisotopic (exact) mass is 400 g/mol. The predicted molar refractivity (Wildman–Crippen MR) is 112 cm³/mol. The smallest absolute Gasteiger partial charge is 0.230 e. The number of thioether (sulfide) groups is 1. The van der Waals surface area contributed by atoms with E-state index in [1.165, 1.54) is 34.7 Å². The summed E-state index contributed by atoms with van der Waals surface area (Å²) in [5.41, 5.74) is 1.11. The zero-order valence-corrected chi connectivity index (χ0v) is 17.3. The molecule has 2 aromatic heterocycles. The van der Waals surface area contributed by atoms with E-state index in [1.54, 1.807) is 11.3 Å². The molecular weight excluding hydrogens is 376 g/mol. The van der Waals surface area contributed by atoms with Crippen molar-refractivity contribution in [3.63, 3.8) is 0 Å². The molecule has 5 nitrogen and oxygen atoms in total. The minimum absolute atomic E-state index is 0.0905. The van der Waals surface area contributed by atoms with Crippen LogP contribution in [0.5, 0.6) is 0 Å². The summed E-state index contributed by atoms with van der Waals surface area (Å²) >= 11 is 3.19. The quantitative estimate of drug-likeness (QED) is 0.598. The highest BCUT2D eigenvalue weighted by Gasteiger charge is 2.21. The predicted octanol–water partition coefficient (Wildman–Crippen LogP) is 4.89. The molecule has 142 valence electrons. The van der Waals surface area contributed by atoms with Crippen LogP contribution in [-0.2, 0) is 4.79 Å². The van der Waals surface area contributed by atoms with Crippen molar-refractivity contribution < 1.29 is 4.79 Å². The highest BCUT2D eigenvalue weighted by molar-refractivity contribution is 7.99. The molecule has 4 rings (SSSR count). The maximum Gasteiger partial charge on any atom is 0.230 e. The van der Waals surface area contributed by atoms with Gasteiger partial charge in [-0.25, -0.2) is 0 Å². The zero-order chi connectivity index (χ0) is 18.8. The van der Waals surface area contributed by atoms with Crippen molar-refractivity contribution in [3.8, 4) is 11.4 Å². The molecule has 1 saturated carbocycles. The first-order valence-electron chi connectivity index (χ1n) is 9.47. The van der Waals surface area contributed by atoms with Crippen molar-refractivity contribution in [3.05, 3.63) is 29.6 Å². The highest BCUT2D eigenvalue weighted by Crippen LogP contribution is 2.35. The summed E-state index contributed by atoms with van der Waals surface area (Å²) < 4.78 is 3.39. The molecule has 0 spiro atoms. The Labute approximate surface area is 167 Å². The zero-order valence-electron chi connectivity index (χ0n) is 15.6. The van der Waals surface area contributed by atoms with Gasteiger partial charge < -0.3 is 5.32 Å². The molecule has 1 aliphatic carbocycles. The number of benzene rings is 1. The number of nitrogens with one attached hydrogen (secondary N) is 1. The van der Waals surface area contributed by atoms with Crippen LogP contribution in [0.15, 0.2) is 34.8 Å². The summed E-state index contributed by atoms with van der Waals surface area (Å²) in [6.07, 6.45) is 4.65. The number of aromatic nitrogens is 3. The molecule has 27 heavy (non-hydrogen) atoms. The van der Waals surface area contributed by atoms with E-state index in [4.69, 9.17) is 0 Å². The molecule has 0 atom stereocenters. The lowest BCUT2D eigenvalue weighted by molar-refractivity contribution is -0.119. The molecule has 0 aliphatic heterocycles. The fraction of sp³-hybridized carbons (Fsp3) is 0.450. The molecule has 1 N–H and O–H groups in total. The first-order chi connectivity index (χ1) is 13.1. The summed E-state index contributed by atoms with van der Waals surface area (Å²) in [5, 5.41) is 16.2. The maximum absolute atomic E-state index is 12.3. The number of thiophene rings is 1. The van der Waals surface area contributed by atoms with E-state index in [-0.39, 0.29) is 11.9 Å². The molecular formula is C20H24N4OS2. The van der Waals surface area contributed by atoms with Crippen molar-refractivity contribution in [2.75, 3.05) is 5.75 Å². The SMILES string of the molecule is CC(C)n1c(SCC(=O)NC2CCCC2)nnc1-c1csc2ccccc12. The van der Waals surface area contributed by atoms with Gasteiger partial charge in [-0.15, -0.1) is 21.5 Å². The van der Waals surface area contributed by atoms with Crippen molar-refractivity contribution in [1.29, 1.82) is 0 Å². The van der Waals surface area contributed by atoms with Crippen LogP contribution in [-0.4, -0.2) is 32.5 Å². The Balaban J connectivity index is 1.55. The van der Waals surface area contributed by atoms with Gasteiger partial charge in [0.25, 0.3) is 0 Å². The second kappa shape index (κ2) is 8.02. The third-order valence-electron chi connectivity index (χ3n) is 4.96. The van der Waals surface area contributed by atoms with Crippen molar-refractivity contribution in [2.45, 2.75) is 56.8 Å². The molecule has 7 heteroatoms. The summed E-state index contributed by atoms with van der Waals surface area (Å²) in [5.74, 6) is 1.35. The molecule has 1 aromatic carbocycles. The van der Waals surface area contributed by atoms with E-state index in [0.29, 0.717) is 11.8 Å². The van der Waals surface area contributed by atoms with Crippen LogP contribution in [0, 0.1) is 0 Å². The molecule has 1 amide bonds. The lowest BCUT2D eigenvalue weighted by Crippen LogP contribution is -2.33. The Morgan fingerprint density at radius 3 is 2.85 bits per heavy atom. The molecule has 2 heterocycles. The van der Waals surface area contributed by atoms with Gasteiger partial charge in [-0.05, 0) is 32.8 Å². The first kappa shape index (κ1) is 18.5. The standard InChI is InChI=1S/C20H24N4OS2/c1-13(2)24-19(16-11-26-17-10-6-5-9-15(16)17)22-23-20(24)27-12-18(25)21-14-7-3-4-8-14/h5-6,9-11,13-14H,3-4,7-8,12H2,1-2H3,(H,21,25). The van der Waals surface area contributed by atoms with Gasteiger partial charge in [0.1, 0.15) is 0 Å². The largest absolute Gasteiger partial charge is 0.353 e. The van der Waals surface area contributed by atoms with Crippen molar-refractivity contribution >= 4 is 39.1 Å². The van der Waals surface area contributed by atoms with Gasteiger partial charge in [0.15, 0.2) is 11.0 Å². The Hall–Kier alpha value is -1.86. The number of carbonyl (C=O) groups excluding carboxylic acids is 1. The van der Waals surface area contributed by atoms with E-state index in [2.05, 4.69) is 63.6 Å². The van der Waals surface area contributed by atoms with Crippen LogP contribution in [0.1, 0.15) is 45.6 Å². The Morgan fingerprint density at radius 2 is 2.07 bits per heavy atom. The van der Waals surface area contributed by atoms with Crippen molar-refractivity contribution in [1.82, 2.24) is 20.1 Å². The topological polar surface area (TPSA) is 59.8 Å². The third-order valence-corrected chi connectivity index (χ3v) is 6.86. The van der Waals surface area contributed by atoms with Crippen LogP contribution in [0.2, 0.25) is 0 Å². The van der Waals surface area contributed by atoms with Gasteiger partial charge in [-0.1, -0.05) is 42.8 Å². The molecule has 1 aliphatic rings. The lowest BCUT2D eigenvalue weighted by Gasteiger charge is -2.14. The van der Waals surface area contributed by atoms with Crippen LogP contribution in [0.25, 0.3) is 21.5 Å².